The first-order valence-corrected chi connectivity index (χ1v) is 5.96. The second kappa shape index (κ2) is 6.00. The van der Waals surface area contributed by atoms with Gasteiger partial charge in [-0.25, -0.2) is 4.98 Å². The molecule has 0 saturated heterocycles. The number of rotatable bonds is 6. The van der Waals surface area contributed by atoms with Crippen LogP contribution in [0.15, 0.2) is 24.5 Å². The third-order valence-electron chi connectivity index (χ3n) is 2.43. The number of aryl methyl sites for hydroxylation is 1. The lowest BCUT2D eigenvalue weighted by Gasteiger charge is -2.07. The molecule has 0 aromatic carbocycles. The molecule has 0 unspecified atom stereocenters. The summed E-state index contributed by atoms with van der Waals surface area (Å²) in [4.78, 5) is 8.41. The van der Waals surface area contributed by atoms with E-state index < -0.39 is 0 Å². The van der Waals surface area contributed by atoms with Crippen LogP contribution in [0.3, 0.4) is 0 Å². The maximum Gasteiger partial charge on any atom is 0.226 e. The molecule has 6 heteroatoms. The third kappa shape index (κ3) is 3.19. The van der Waals surface area contributed by atoms with Crippen LogP contribution in [0.5, 0.6) is 5.88 Å². The molecule has 2 heterocycles. The molecule has 0 saturated carbocycles. The minimum Gasteiger partial charge on any atom is -0.478 e. The van der Waals surface area contributed by atoms with Crippen LogP contribution in [0.1, 0.15) is 19.0 Å². The molecule has 0 spiro atoms. The number of hydrogen-bond acceptors (Lipinski definition) is 5. The van der Waals surface area contributed by atoms with Crippen molar-refractivity contribution in [3.63, 3.8) is 0 Å². The van der Waals surface area contributed by atoms with Gasteiger partial charge < -0.3 is 10.1 Å². The molecule has 18 heavy (non-hydrogen) atoms. The van der Waals surface area contributed by atoms with Crippen molar-refractivity contribution in [3.05, 3.63) is 30.2 Å². The maximum atomic E-state index is 5.45. The number of ether oxygens (including phenoxy) is 1. The standard InChI is InChI=1S/C12H17N5O/c1-3-8-18-11-5-6-13-12(16-11)14-9-10-4-7-15-17(10)2/h4-7H,3,8-9H2,1-2H3,(H,13,14,16). The Morgan fingerprint density at radius 1 is 1.33 bits per heavy atom. The van der Waals surface area contributed by atoms with E-state index >= 15 is 0 Å². The quantitative estimate of drug-likeness (QED) is 0.840. The van der Waals surface area contributed by atoms with Gasteiger partial charge in [-0.05, 0) is 12.5 Å². The Morgan fingerprint density at radius 3 is 2.94 bits per heavy atom. The van der Waals surface area contributed by atoms with Crippen molar-refractivity contribution < 1.29 is 4.74 Å². The zero-order valence-corrected chi connectivity index (χ0v) is 10.6. The van der Waals surface area contributed by atoms with E-state index in [2.05, 4.69) is 27.3 Å². The maximum absolute atomic E-state index is 5.45. The lowest BCUT2D eigenvalue weighted by Crippen LogP contribution is -2.08. The van der Waals surface area contributed by atoms with Crippen LogP contribution >= 0.6 is 0 Å². The second-order valence-corrected chi connectivity index (χ2v) is 3.87. The SMILES string of the molecule is CCCOc1ccnc(NCc2ccnn2C)n1. The molecule has 96 valence electrons. The molecule has 6 nitrogen and oxygen atoms in total. The van der Waals surface area contributed by atoms with Crippen LogP contribution in [0.2, 0.25) is 0 Å². The molecular weight excluding hydrogens is 230 g/mol. The average molecular weight is 247 g/mol. The highest BCUT2D eigenvalue weighted by molar-refractivity contribution is 5.28. The Bertz CT molecular complexity index is 497. The van der Waals surface area contributed by atoms with Crippen molar-refractivity contribution in [1.29, 1.82) is 0 Å². The lowest BCUT2D eigenvalue weighted by molar-refractivity contribution is 0.305. The first-order valence-electron chi connectivity index (χ1n) is 5.96. The predicted molar refractivity (Wildman–Crippen MR) is 68.4 cm³/mol. The van der Waals surface area contributed by atoms with Crippen LogP contribution < -0.4 is 10.1 Å². The van der Waals surface area contributed by atoms with E-state index in [9.17, 15) is 0 Å². The smallest absolute Gasteiger partial charge is 0.226 e. The van der Waals surface area contributed by atoms with E-state index in [4.69, 9.17) is 4.74 Å². The molecule has 0 aliphatic heterocycles. The number of anilines is 1. The van der Waals surface area contributed by atoms with Crippen molar-refractivity contribution in [1.82, 2.24) is 19.7 Å². The third-order valence-corrected chi connectivity index (χ3v) is 2.43. The molecule has 0 amide bonds. The number of hydrogen-bond donors (Lipinski definition) is 1. The average Bonchev–Trinajstić information content (AvgIpc) is 2.80. The molecule has 0 aliphatic carbocycles. The fourth-order valence-corrected chi connectivity index (χ4v) is 1.46. The minimum absolute atomic E-state index is 0.560. The highest BCUT2D eigenvalue weighted by Crippen LogP contribution is 2.09. The first kappa shape index (κ1) is 12.3. The zero-order valence-electron chi connectivity index (χ0n) is 10.6. The van der Waals surface area contributed by atoms with Crippen molar-refractivity contribution >= 4 is 5.95 Å². The molecule has 0 atom stereocenters. The molecular formula is C12H17N5O. The second-order valence-electron chi connectivity index (χ2n) is 3.87. The van der Waals surface area contributed by atoms with E-state index in [1.165, 1.54) is 0 Å². The summed E-state index contributed by atoms with van der Waals surface area (Å²) in [6.07, 6.45) is 4.41. The Hall–Kier alpha value is -2.11. The molecule has 1 N–H and O–H groups in total. The highest BCUT2D eigenvalue weighted by Gasteiger charge is 2.02. The van der Waals surface area contributed by atoms with Crippen molar-refractivity contribution in [2.45, 2.75) is 19.9 Å². The molecule has 0 bridgehead atoms. The Labute approximate surface area is 106 Å². The van der Waals surface area contributed by atoms with Gasteiger partial charge in [0.25, 0.3) is 0 Å². The summed E-state index contributed by atoms with van der Waals surface area (Å²) in [6, 6.07) is 3.70. The van der Waals surface area contributed by atoms with Crippen LogP contribution in [0.4, 0.5) is 5.95 Å². The van der Waals surface area contributed by atoms with Crippen LogP contribution in [-0.4, -0.2) is 26.4 Å². The molecule has 2 aromatic heterocycles. The lowest BCUT2D eigenvalue weighted by atomic mass is 10.4. The predicted octanol–water partition coefficient (Wildman–Crippen LogP) is 1.61. The van der Waals surface area contributed by atoms with Crippen molar-refractivity contribution in [2.24, 2.45) is 7.05 Å². The van der Waals surface area contributed by atoms with Gasteiger partial charge in [0.1, 0.15) is 0 Å². The van der Waals surface area contributed by atoms with Crippen LogP contribution in [-0.2, 0) is 13.6 Å². The zero-order chi connectivity index (χ0) is 12.8. The van der Waals surface area contributed by atoms with Gasteiger partial charge in [-0.1, -0.05) is 6.92 Å². The summed E-state index contributed by atoms with van der Waals surface area (Å²) in [7, 11) is 1.90. The van der Waals surface area contributed by atoms with Gasteiger partial charge >= 0.3 is 0 Å². The number of nitrogens with one attached hydrogen (secondary N) is 1. The van der Waals surface area contributed by atoms with Gasteiger partial charge in [-0.3, -0.25) is 4.68 Å². The molecule has 2 aromatic rings. The van der Waals surface area contributed by atoms with Gasteiger partial charge in [0.05, 0.1) is 18.8 Å². The van der Waals surface area contributed by atoms with Gasteiger partial charge in [-0.2, -0.15) is 10.1 Å². The van der Waals surface area contributed by atoms with Crippen molar-refractivity contribution in [2.75, 3.05) is 11.9 Å². The fraction of sp³-hybridized carbons (Fsp3) is 0.417. The summed E-state index contributed by atoms with van der Waals surface area (Å²) < 4.78 is 7.26. The largest absolute Gasteiger partial charge is 0.478 e. The van der Waals surface area contributed by atoms with Gasteiger partial charge in [-0.15, -0.1) is 0 Å². The van der Waals surface area contributed by atoms with E-state index in [1.807, 2.05) is 17.8 Å². The molecule has 0 aliphatic rings. The summed E-state index contributed by atoms with van der Waals surface area (Å²) in [5.41, 5.74) is 1.07. The summed E-state index contributed by atoms with van der Waals surface area (Å²) in [6.45, 7) is 3.36. The molecule has 0 radical (unpaired) electrons. The minimum atomic E-state index is 0.560. The van der Waals surface area contributed by atoms with E-state index in [-0.39, 0.29) is 0 Å². The normalized spacial score (nSPS) is 10.3. The Morgan fingerprint density at radius 2 is 2.22 bits per heavy atom. The fourth-order valence-electron chi connectivity index (χ4n) is 1.46. The summed E-state index contributed by atoms with van der Waals surface area (Å²) in [5.74, 6) is 1.16. The number of aromatic nitrogens is 4. The van der Waals surface area contributed by atoms with Crippen LogP contribution in [0, 0.1) is 0 Å². The summed E-state index contributed by atoms with van der Waals surface area (Å²) >= 11 is 0. The number of nitrogens with zero attached hydrogens (tertiary/aromatic N) is 4. The molecule has 0 fully saturated rings. The van der Waals surface area contributed by atoms with E-state index in [1.54, 1.807) is 18.5 Å². The Balaban J connectivity index is 1.95. The van der Waals surface area contributed by atoms with Crippen molar-refractivity contribution in [3.8, 4) is 5.88 Å². The topological polar surface area (TPSA) is 64.9 Å². The van der Waals surface area contributed by atoms with Crippen LogP contribution in [0.25, 0.3) is 0 Å². The first-order chi connectivity index (χ1) is 8.79. The highest BCUT2D eigenvalue weighted by atomic mass is 16.5. The summed E-state index contributed by atoms with van der Waals surface area (Å²) in [5, 5.41) is 7.24. The van der Waals surface area contributed by atoms with Gasteiger partial charge in [0.15, 0.2) is 0 Å². The molecule has 2 rings (SSSR count). The monoisotopic (exact) mass is 247 g/mol. The van der Waals surface area contributed by atoms with Gasteiger partial charge in [0, 0.05) is 25.5 Å². The Kier molecular flexibility index (Phi) is 4.11. The van der Waals surface area contributed by atoms with E-state index in [0.29, 0.717) is 25.0 Å². The van der Waals surface area contributed by atoms with E-state index in [0.717, 1.165) is 12.1 Å². The van der Waals surface area contributed by atoms with Gasteiger partial charge in [0.2, 0.25) is 11.8 Å².